The van der Waals surface area contributed by atoms with Crippen LogP contribution < -0.4 is 21.3 Å². The van der Waals surface area contributed by atoms with E-state index in [2.05, 4.69) is 26.3 Å². The van der Waals surface area contributed by atoms with Crippen LogP contribution in [0.2, 0.25) is 5.02 Å². The Hall–Kier alpha value is -6.28. The number of benzene rings is 4. The van der Waals surface area contributed by atoms with Crippen LogP contribution in [-0.2, 0) is 30.4 Å². The van der Waals surface area contributed by atoms with Gasteiger partial charge in [0.05, 0.1) is 12.1 Å². The van der Waals surface area contributed by atoms with Crippen molar-refractivity contribution in [3.05, 3.63) is 113 Å². The molecule has 52 heavy (non-hydrogen) atoms. The van der Waals surface area contributed by atoms with E-state index in [9.17, 15) is 43.4 Å². The quantitative estimate of drug-likeness (QED) is 0.0820. The molecule has 5 rings (SSSR count). The first-order valence-electron chi connectivity index (χ1n) is 16.0. The average Bonchev–Trinajstić information content (AvgIpc) is 3.53. The summed E-state index contributed by atoms with van der Waals surface area (Å²) < 4.78 is 14.2. The topological polar surface area (TPSA) is 207 Å². The van der Waals surface area contributed by atoms with Crippen molar-refractivity contribution in [2.75, 3.05) is 5.32 Å². The molecular weight excluding hydrogens is 697 g/mol. The number of aliphatic carboxylic acids is 2. The van der Waals surface area contributed by atoms with E-state index in [1.165, 1.54) is 18.2 Å². The molecule has 0 unspecified atom stereocenters. The zero-order valence-corrected chi connectivity index (χ0v) is 28.1. The van der Waals surface area contributed by atoms with E-state index in [1.54, 1.807) is 30.3 Å². The molecule has 3 atom stereocenters. The molecule has 0 spiro atoms. The molecule has 13 nitrogen and oxygen atoms in total. The molecule has 268 valence electrons. The Morgan fingerprint density at radius 1 is 0.692 bits per heavy atom. The molecular formula is C37H33ClFN5O8. The summed E-state index contributed by atoms with van der Waals surface area (Å²) in [4.78, 5) is 80.1. The second kappa shape index (κ2) is 16.6. The third kappa shape index (κ3) is 9.69. The largest absolute Gasteiger partial charge is 0.481 e. The fraction of sp³-hybridized carbons (Fsp3) is 0.189. The second-order valence-electron chi connectivity index (χ2n) is 11.9. The normalized spacial score (nSPS) is 12.7. The number of nitrogens with one attached hydrogen (secondary N) is 5. The summed E-state index contributed by atoms with van der Waals surface area (Å²) in [5, 5.41) is 31.4. The zero-order valence-electron chi connectivity index (χ0n) is 27.3. The van der Waals surface area contributed by atoms with Gasteiger partial charge in [-0.2, -0.15) is 0 Å². The van der Waals surface area contributed by atoms with Crippen LogP contribution >= 0.6 is 11.6 Å². The lowest BCUT2D eigenvalue weighted by molar-refractivity contribution is -0.141. The van der Waals surface area contributed by atoms with Crippen LogP contribution in [0.4, 0.5) is 10.1 Å². The molecule has 4 amide bonds. The van der Waals surface area contributed by atoms with Gasteiger partial charge in [-0.3, -0.25) is 28.8 Å². The first-order chi connectivity index (χ1) is 24.9. The molecule has 15 heteroatoms. The highest BCUT2D eigenvalue weighted by Crippen LogP contribution is 2.21. The molecule has 0 saturated heterocycles. The minimum absolute atomic E-state index is 0.0673. The van der Waals surface area contributed by atoms with Crippen LogP contribution in [0, 0.1) is 5.82 Å². The van der Waals surface area contributed by atoms with Crippen molar-refractivity contribution in [3.8, 4) is 0 Å². The minimum Gasteiger partial charge on any atom is -0.481 e. The molecule has 1 heterocycles. The number of carbonyl (C=O) groups excluding carboxylic acids is 4. The monoisotopic (exact) mass is 729 g/mol. The fourth-order valence-electron chi connectivity index (χ4n) is 5.52. The maximum atomic E-state index is 14.2. The Balaban J connectivity index is 1.39. The Morgan fingerprint density at radius 3 is 2.12 bits per heavy atom. The first-order valence-corrected chi connectivity index (χ1v) is 16.4. The smallest absolute Gasteiger partial charge is 0.305 e. The summed E-state index contributed by atoms with van der Waals surface area (Å²) in [6.45, 7) is 0. The predicted molar refractivity (Wildman–Crippen MR) is 190 cm³/mol. The molecule has 7 N–H and O–H groups in total. The molecule has 4 aromatic carbocycles. The molecule has 0 aliphatic rings. The Kier molecular flexibility index (Phi) is 11.8. The number of amides is 4. The van der Waals surface area contributed by atoms with Gasteiger partial charge in [-0.25, -0.2) is 4.39 Å². The van der Waals surface area contributed by atoms with Crippen LogP contribution in [-0.4, -0.2) is 68.9 Å². The van der Waals surface area contributed by atoms with E-state index < -0.39 is 78.8 Å². The Bertz CT molecular complexity index is 2170. The van der Waals surface area contributed by atoms with Crippen LogP contribution in [0.1, 0.15) is 35.3 Å². The second-order valence-corrected chi connectivity index (χ2v) is 12.4. The molecule has 0 fully saturated rings. The van der Waals surface area contributed by atoms with E-state index >= 15 is 0 Å². The lowest BCUT2D eigenvalue weighted by Gasteiger charge is -2.25. The number of fused-ring (bicyclic) bond motifs is 2. The van der Waals surface area contributed by atoms with Gasteiger partial charge < -0.3 is 36.5 Å². The van der Waals surface area contributed by atoms with Gasteiger partial charge in [0.1, 0.15) is 29.6 Å². The number of carbonyl (C=O) groups is 6. The van der Waals surface area contributed by atoms with Crippen LogP contribution in [0.15, 0.2) is 91.0 Å². The first kappa shape index (κ1) is 37.0. The molecule has 0 aliphatic heterocycles. The van der Waals surface area contributed by atoms with Crippen molar-refractivity contribution in [1.29, 1.82) is 0 Å². The average molecular weight is 730 g/mol. The van der Waals surface area contributed by atoms with Crippen molar-refractivity contribution >= 4 is 74.5 Å². The maximum absolute atomic E-state index is 14.2. The van der Waals surface area contributed by atoms with Crippen molar-refractivity contribution in [2.24, 2.45) is 0 Å². The SMILES string of the molecule is O=C(O)CC[C@H](NC(=O)[C@H](CC(=O)O)NC(=O)[C@H](Cc1ccc2ccccc2c1)NC(=O)c1cc2cc(Cl)ccc2[nH]1)C(=O)Nc1ccccc1F. The van der Waals surface area contributed by atoms with Gasteiger partial charge in [0.2, 0.25) is 17.7 Å². The Morgan fingerprint density at radius 2 is 1.38 bits per heavy atom. The number of halogens is 2. The lowest BCUT2D eigenvalue weighted by atomic mass is 10.0. The number of carboxylic acid groups (broad SMARTS) is 2. The van der Waals surface area contributed by atoms with Crippen LogP contribution in [0.5, 0.6) is 0 Å². The van der Waals surface area contributed by atoms with Gasteiger partial charge in [0.25, 0.3) is 5.91 Å². The number of aromatic nitrogens is 1. The van der Waals surface area contributed by atoms with Crippen LogP contribution in [0.3, 0.4) is 0 Å². The third-order valence-electron chi connectivity index (χ3n) is 8.13. The molecule has 1 aromatic heterocycles. The highest BCUT2D eigenvalue weighted by atomic mass is 35.5. The fourth-order valence-corrected chi connectivity index (χ4v) is 5.70. The van der Waals surface area contributed by atoms with Crippen molar-refractivity contribution in [3.63, 3.8) is 0 Å². The van der Waals surface area contributed by atoms with Crippen molar-refractivity contribution in [2.45, 2.75) is 43.8 Å². The number of rotatable bonds is 15. The number of aromatic amines is 1. The summed E-state index contributed by atoms with van der Waals surface area (Å²) in [5.74, 6) is -7.25. The number of anilines is 1. The number of H-pyrrole nitrogens is 1. The highest BCUT2D eigenvalue weighted by molar-refractivity contribution is 6.31. The molecule has 0 aliphatic carbocycles. The highest BCUT2D eigenvalue weighted by Gasteiger charge is 2.32. The predicted octanol–water partition coefficient (Wildman–Crippen LogP) is 4.40. The van der Waals surface area contributed by atoms with Crippen molar-refractivity contribution < 1.29 is 43.4 Å². The number of hydrogen-bond donors (Lipinski definition) is 7. The molecule has 0 bridgehead atoms. The van der Waals surface area contributed by atoms with Gasteiger partial charge in [-0.15, -0.1) is 0 Å². The van der Waals surface area contributed by atoms with E-state index in [-0.39, 0.29) is 17.8 Å². The van der Waals surface area contributed by atoms with E-state index in [4.69, 9.17) is 11.6 Å². The third-order valence-corrected chi connectivity index (χ3v) is 8.36. The lowest BCUT2D eigenvalue weighted by Crippen LogP contribution is -2.57. The zero-order chi connectivity index (χ0) is 37.4. The minimum atomic E-state index is -1.77. The van der Waals surface area contributed by atoms with E-state index in [1.807, 2.05) is 36.4 Å². The van der Waals surface area contributed by atoms with Crippen molar-refractivity contribution in [1.82, 2.24) is 20.9 Å². The van der Waals surface area contributed by atoms with Gasteiger partial charge in [0.15, 0.2) is 0 Å². The maximum Gasteiger partial charge on any atom is 0.305 e. The number of hydrogen-bond acceptors (Lipinski definition) is 6. The Labute approximate surface area is 300 Å². The standard InChI is InChI=1S/C37H33ClFN5O8/c38-24-11-12-26-23(17-24)18-30(40-26)36(51)43-29(16-20-9-10-21-5-1-2-6-22(21)15-20)35(50)44-31(19-33(47)48)37(52)42-28(13-14-32(45)46)34(49)41-27-8-4-3-7-25(27)39/h1-12,15,17-18,28-29,31,40H,13-14,16,19H2,(H,41,49)(H,42,52)(H,43,51)(H,44,50)(H,45,46)(H,47,48)/t28-,29-,31-/m0/s1. The molecule has 0 saturated carbocycles. The van der Waals surface area contributed by atoms with E-state index in [0.29, 0.717) is 21.5 Å². The number of carboxylic acids is 2. The summed E-state index contributed by atoms with van der Waals surface area (Å²) in [7, 11) is 0. The van der Waals surface area contributed by atoms with Gasteiger partial charge >= 0.3 is 11.9 Å². The number of para-hydroxylation sites is 1. The van der Waals surface area contributed by atoms with Gasteiger partial charge in [0, 0.05) is 28.8 Å². The summed E-state index contributed by atoms with van der Waals surface area (Å²) >= 11 is 6.09. The van der Waals surface area contributed by atoms with E-state index in [0.717, 1.165) is 16.8 Å². The van der Waals surface area contributed by atoms with Gasteiger partial charge in [-0.05, 0) is 59.2 Å². The molecule has 0 radical (unpaired) electrons. The molecule has 5 aromatic rings. The summed E-state index contributed by atoms with van der Waals surface area (Å²) in [5.41, 5.74) is 1.12. The summed E-state index contributed by atoms with van der Waals surface area (Å²) in [6, 6.07) is 20.0. The van der Waals surface area contributed by atoms with Gasteiger partial charge in [-0.1, -0.05) is 66.2 Å². The summed E-state index contributed by atoms with van der Waals surface area (Å²) in [6.07, 6.45) is -2.02. The van der Waals surface area contributed by atoms with Crippen LogP contribution in [0.25, 0.3) is 21.7 Å².